The largest absolute Gasteiger partial charge is 0.275 e. The molecular weight excluding hydrogens is 526 g/mol. The molecule has 5 aromatic carbocycles. The first-order chi connectivity index (χ1) is 20.9. The van der Waals surface area contributed by atoms with E-state index in [1.54, 1.807) is 0 Å². The molecule has 4 heterocycles. The third kappa shape index (κ3) is 2.25. The minimum atomic E-state index is -0.0662. The zero-order chi connectivity index (χ0) is 28.6. The lowest BCUT2D eigenvalue weighted by Gasteiger charge is -2.21. The summed E-state index contributed by atoms with van der Waals surface area (Å²) in [6.07, 6.45) is 0. The number of fused-ring (bicyclic) bond motifs is 18. The predicted octanol–water partition coefficient (Wildman–Crippen LogP) is 8.74. The Kier molecular flexibility index (Phi) is 3.51. The van der Waals surface area contributed by atoms with Crippen molar-refractivity contribution in [3.05, 3.63) is 113 Å². The molecule has 0 spiro atoms. The number of para-hydroxylation sites is 1. The molecule has 0 saturated heterocycles. The second-order valence-corrected chi connectivity index (χ2v) is 13.5. The monoisotopic (exact) mass is 553 g/mol. The number of imidazole rings is 4. The number of aromatic nitrogens is 5. The van der Waals surface area contributed by atoms with Gasteiger partial charge in [-0.2, -0.15) is 0 Å². The Morgan fingerprint density at radius 3 is 1.40 bits per heavy atom. The van der Waals surface area contributed by atoms with Crippen LogP contribution in [-0.4, -0.2) is 23.2 Å². The van der Waals surface area contributed by atoms with E-state index in [-0.39, 0.29) is 10.8 Å². The second-order valence-electron chi connectivity index (χ2n) is 13.5. The maximum atomic E-state index is 5.33. The molecule has 0 unspecified atom stereocenters. The lowest BCUT2D eigenvalue weighted by Crippen LogP contribution is -2.14. The summed E-state index contributed by atoms with van der Waals surface area (Å²) in [5.74, 6) is 1.83. The molecule has 0 saturated carbocycles. The predicted molar refractivity (Wildman–Crippen MR) is 174 cm³/mol. The van der Waals surface area contributed by atoms with Crippen molar-refractivity contribution in [2.45, 2.75) is 38.5 Å². The molecular formula is C38H27N5. The number of hydrogen-bond acceptors (Lipinski definition) is 2. The van der Waals surface area contributed by atoms with Crippen LogP contribution in [0.5, 0.6) is 0 Å². The maximum absolute atomic E-state index is 5.33. The molecule has 0 N–H and O–H groups in total. The fourth-order valence-electron chi connectivity index (χ4n) is 8.83. The lowest BCUT2D eigenvalue weighted by atomic mass is 9.82. The van der Waals surface area contributed by atoms with Crippen LogP contribution in [0.25, 0.3) is 72.4 Å². The third-order valence-electron chi connectivity index (χ3n) is 10.8. The smallest absolute Gasteiger partial charge is 0.223 e. The van der Waals surface area contributed by atoms with Crippen LogP contribution in [0.3, 0.4) is 0 Å². The van der Waals surface area contributed by atoms with Gasteiger partial charge in [-0.15, -0.1) is 0 Å². The van der Waals surface area contributed by atoms with Gasteiger partial charge in [0.2, 0.25) is 11.6 Å². The van der Waals surface area contributed by atoms with E-state index in [1.165, 1.54) is 61.1 Å². The van der Waals surface area contributed by atoms with Crippen LogP contribution >= 0.6 is 0 Å². The van der Waals surface area contributed by atoms with Crippen molar-refractivity contribution >= 4 is 50.2 Å². The summed E-state index contributed by atoms with van der Waals surface area (Å²) in [5.41, 5.74) is 18.5. The van der Waals surface area contributed by atoms with Crippen molar-refractivity contribution in [1.29, 1.82) is 0 Å². The standard InChI is InChI=1S/C38H27N5/c1-37(2)22-12-7-5-10-20(22)30-24(37)16-18-26-32(30)41-28-14-9-15-29-34(28)43(35(41)39-26)36-40-27-19-17-25-31(33(27)42(29)36)21-11-6-8-13-23(21)38(25,3)4/h5-19H,1-4H3. The average Bonchev–Trinajstić information content (AvgIpc) is 3.80. The summed E-state index contributed by atoms with van der Waals surface area (Å²) in [6.45, 7) is 9.36. The van der Waals surface area contributed by atoms with Gasteiger partial charge < -0.3 is 0 Å². The second kappa shape index (κ2) is 6.73. The Balaban J connectivity index is 1.35. The lowest BCUT2D eigenvalue weighted by molar-refractivity contribution is 0.660. The van der Waals surface area contributed by atoms with Gasteiger partial charge in [-0.25, -0.2) is 14.4 Å². The van der Waals surface area contributed by atoms with E-state index in [0.717, 1.165) is 33.6 Å². The van der Waals surface area contributed by atoms with Crippen LogP contribution in [0, 0.1) is 0 Å². The van der Waals surface area contributed by atoms with Crippen LogP contribution < -0.4 is 0 Å². The minimum Gasteiger partial charge on any atom is -0.275 e. The molecule has 43 heavy (non-hydrogen) atoms. The SMILES string of the molecule is CC1(C)c2ccccc2-c2c1ccc1nc3n(c4cccc5c4n3c3nc4ccc6c(c4n53)-c3ccccc3C6(C)C)c21. The highest BCUT2D eigenvalue weighted by molar-refractivity contribution is 6.09. The summed E-state index contributed by atoms with van der Waals surface area (Å²) >= 11 is 0. The van der Waals surface area contributed by atoms with Crippen LogP contribution in [0.15, 0.2) is 91.0 Å². The van der Waals surface area contributed by atoms with E-state index in [2.05, 4.69) is 132 Å². The van der Waals surface area contributed by atoms with Gasteiger partial charge in [-0.05, 0) is 57.6 Å². The van der Waals surface area contributed by atoms with E-state index < -0.39 is 0 Å². The third-order valence-corrected chi connectivity index (χ3v) is 10.8. The summed E-state index contributed by atoms with van der Waals surface area (Å²) in [5, 5.41) is 0. The average molecular weight is 554 g/mol. The molecule has 0 atom stereocenters. The number of benzene rings is 5. The fraction of sp³-hybridized carbons (Fsp3) is 0.158. The summed E-state index contributed by atoms with van der Waals surface area (Å²) in [6, 6.07) is 33.4. The zero-order valence-corrected chi connectivity index (χ0v) is 24.4. The number of nitrogens with zero attached hydrogens (tertiary/aromatic N) is 5. The van der Waals surface area contributed by atoms with Crippen LogP contribution in [0.1, 0.15) is 49.9 Å². The molecule has 0 fully saturated rings. The first kappa shape index (κ1) is 22.4. The van der Waals surface area contributed by atoms with E-state index >= 15 is 0 Å². The molecule has 204 valence electrons. The summed E-state index contributed by atoms with van der Waals surface area (Å²) in [7, 11) is 0. The Morgan fingerprint density at radius 2 is 0.907 bits per heavy atom. The van der Waals surface area contributed by atoms with Gasteiger partial charge in [-0.3, -0.25) is 8.80 Å². The Morgan fingerprint density at radius 1 is 0.442 bits per heavy atom. The van der Waals surface area contributed by atoms with Crippen LogP contribution in [0.2, 0.25) is 0 Å². The van der Waals surface area contributed by atoms with Gasteiger partial charge >= 0.3 is 0 Å². The van der Waals surface area contributed by atoms with E-state index in [4.69, 9.17) is 9.97 Å². The van der Waals surface area contributed by atoms with Crippen LogP contribution in [0.4, 0.5) is 0 Å². The van der Waals surface area contributed by atoms with Gasteiger partial charge in [0.05, 0.1) is 33.1 Å². The highest BCUT2D eigenvalue weighted by Crippen LogP contribution is 2.53. The number of hydrogen-bond donors (Lipinski definition) is 0. The Hall–Kier alpha value is -5.16. The van der Waals surface area contributed by atoms with Crippen molar-refractivity contribution in [2.24, 2.45) is 0 Å². The molecule has 0 bridgehead atoms. The first-order valence-electron chi connectivity index (χ1n) is 15.1. The van der Waals surface area contributed by atoms with Crippen LogP contribution in [-0.2, 0) is 10.8 Å². The van der Waals surface area contributed by atoms with Crippen molar-refractivity contribution < 1.29 is 0 Å². The molecule has 0 aliphatic heterocycles. The summed E-state index contributed by atoms with van der Waals surface area (Å²) in [4.78, 5) is 10.7. The molecule has 0 amide bonds. The maximum Gasteiger partial charge on any atom is 0.223 e. The van der Waals surface area contributed by atoms with Gasteiger partial charge in [0.1, 0.15) is 5.52 Å². The zero-order valence-electron chi connectivity index (χ0n) is 24.4. The molecule has 4 aromatic heterocycles. The van der Waals surface area contributed by atoms with Gasteiger partial charge in [0.15, 0.2) is 0 Å². The molecule has 5 nitrogen and oxygen atoms in total. The Labute approximate surface area is 247 Å². The van der Waals surface area contributed by atoms with Crippen molar-refractivity contribution in [1.82, 2.24) is 23.2 Å². The van der Waals surface area contributed by atoms with E-state index in [0.29, 0.717) is 0 Å². The Bertz CT molecular complexity index is 2550. The first-order valence-corrected chi connectivity index (χ1v) is 15.1. The van der Waals surface area contributed by atoms with Crippen molar-refractivity contribution in [3.63, 3.8) is 0 Å². The van der Waals surface area contributed by atoms with E-state index in [1.807, 2.05) is 0 Å². The number of rotatable bonds is 0. The van der Waals surface area contributed by atoms with Gasteiger partial charge in [-0.1, -0.05) is 94.4 Å². The van der Waals surface area contributed by atoms with E-state index in [9.17, 15) is 0 Å². The quantitative estimate of drug-likeness (QED) is 0.188. The van der Waals surface area contributed by atoms with Gasteiger partial charge in [0.25, 0.3) is 0 Å². The highest BCUT2D eigenvalue weighted by atomic mass is 15.3. The highest BCUT2D eigenvalue weighted by Gasteiger charge is 2.39. The normalized spacial score (nSPS) is 16.3. The molecule has 2 aliphatic carbocycles. The van der Waals surface area contributed by atoms with Crippen molar-refractivity contribution in [2.75, 3.05) is 0 Å². The molecule has 11 rings (SSSR count). The van der Waals surface area contributed by atoms with Crippen molar-refractivity contribution in [3.8, 4) is 22.3 Å². The molecule has 2 aliphatic rings. The minimum absolute atomic E-state index is 0.0662. The topological polar surface area (TPSA) is 39.0 Å². The van der Waals surface area contributed by atoms with Gasteiger partial charge in [0, 0.05) is 22.0 Å². The molecule has 9 aromatic rings. The molecule has 5 heteroatoms. The molecule has 0 radical (unpaired) electrons. The summed E-state index contributed by atoms with van der Waals surface area (Å²) < 4.78 is 7.06. The fourth-order valence-corrected chi connectivity index (χ4v) is 8.83.